The fourth-order valence-electron chi connectivity index (χ4n) is 3.95. The number of fused-ring (bicyclic) bond motifs is 1. The zero-order valence-corrected chi connectivity index (χ0v) is 20.6. The molecule has 4 rings (SSSR count). The number of nitrogens with zero attached hydrogens (tertiary/aromatic N) is 3. The zero-order chi connectivity index (χ0) is 24.2. The van der Waals surface area contributed by atoms with E-state index in [1.807, 2.05) is 80.2 Å². The number of anilines is 1. The minimum Gasteiger partial charge on any atom is -0.495 e. The van der Waals surface area contributed by atoms with Gasteiger partial charge in [0.25, 0.3) is 5.56 Å². The van der Waals surface area contributed by atoms with E-state index in [9.17, 15) is 9.59 Å². The highest BCUT2D eigenvalue weighted by Crippen LogP contribution is 2.30. The topological polar surface area (TPSA) is 78.2 Å². The molecule has 0 aliphatic carbocycles. The molecule has 34 heavy (non-hydrogen) atoms. The van der Waals surface area contributed by atoms with Crippen LogP contribution in [0.4, 0.5) is 5.69 Å². The van der Waals surface area contributed by atoms with Crippen LogP contribution in [0.25, 0.3) is 22.2 Å². The van der Waals surface area contributed by atoms with Crippen molar-refractivity contribution in [2.24, 2.45) is 7.05 Å². The summed E-state index contributed by atoms with van der Waals surface area (Å²) in [6, 6.07) is 15.5. The molecule has 4 aromatic rings. The third-order valence-electron chi connectivity index (χ3n) is 5.53. The SMILES string of the molecule is CCCn1c(SCC(=O)Nc2cc(C)ccc2OC)nc2c(-c3ccccc3)cn(C)c2c1=O. The van der Waals surface area contributed by atoms with Crippen molar-refractivity contribution in [3.8, 4) is 16.9 Å². The van der Waals surface area contributed by atoms with Crippen LogP contribution in [0.15, 0.2) is 64.7 Å². The highest BCUT2D eigenvalue weighted by Gasteiger charge is 2.19. The fraction of sp³-hybridized carbons (Fsp3) is 0.269. The van der Waals surface area contributed by atoms with Crippen molar-refractivity contribution in [1.29, 1.82) is 0 Å². The van der Waals surface area contributed by atoms with Crippen molar-refractivity contribution >= 4 is 34.4 Å². The number of amides is 1. The molecule has 0 radical (unpaired) electrons. The largest absolute Gasteiger partial charge is 0.495 e. The number of hydrogen-bond acceptors (Lipinski definition) is 5. The lowest BCUT2D eigenvalue weighted by Gasteiger charge is -2.13. The van der Waals surface area contributed by atoms with E-state index < -0.39 is 0 Å². The molecule has 7 nitrogen and oxygen atoms in total. The molecule has 0 aliphatic rings. The van der Waals surface area contributed by atoms with E-state index in [2.05, 4.69) is 5.32 Å². The number of carbonyl (C=O) groups is 1. The first-order valence-electron chi connectivity index (χ1n) is 11.2. The van der Waals surface area contributed by atoms with Gasteiger partial charge >= 0.3 is 0 Å². The highest BCUT2D eigenvalue weighted by molar-refractivity contribution is 7.99. The van der Waals surface area contributed by atoms with Crippen LogP contribution in [0.1, 0.15) is 18.9 Å². The molecule has 2 aromatic carbocycles. The molecule has 176 valence electrons. The van der Waals surface area contributed by atoms with E-state index in [4.69, 9.17) is 9.72 Å². The molecule has 2 heterocycles. The minimum atomic E-state index is -0.192. The molecule has 0 bridgehead atoms. The van der Waals surface area contributed by atoms with Crippen LogP contribution in [-0.2, 0) is 18.4 Å². The van der Waals surface area contributed by atoms with Gasteiger partial charge in [-0.05, 0) is 36.6 Å². The standard InChI is InChI=1S/C26H28N4O3S/c1-5-13-30-25(32)24-23(19(15-29(24)3)18-9-7-6-8-10-18)28-26(30)34-16-22(31)27-20-14-17(2)11-12-21(20)33-4/h6-12,14-15H,5,13,16H2,1-4H3,(H,27,31). The van der Waals surface area contributed by atoms with E-state index >= 15 is 0 Å². The summed E-state index contributed by atoms with van der Waals surface area (Å²) < 4.78 is 8.86. The summed E-state index contributed by atoms with van der Waals surface area (Å²) in [5, 5.41) is 3.45. The molecular formula is C26H28N4O3S. The molecule has 2 aromatic heterocycles. The summed E-state index contributed by atoms with van der Waals surface area (Å²) >= 11 is 1.26. The Morgan fingerprint density at radius 2 is 1.94 bits per heavy atom. The zero-order valence-electron chi connectivity index (χ0n) is 19.8. The summed E-state index contributed by atoms with van der Waals surface area (Å²) in [7, 11) is 3.44. The molecular weight excluding hydrogens is 448 g/mol. The molecule has 0 unspecified atom stereocenters. The van der Waals surface area contributed by atoms with Crippen LogP contribution < -0.4 is 15.6 Å². The van der Waals surface area contributed by atoms with Crippen LogP contribution >= 0.6 is 11.8 Å². The van der Waals surface area contributed by atoms with Gasteiger partial charge in [-0.1, -0.05) is 55.1 Å². The first-order chi connectivity index (χ1) is 16.4. The van der Waals surface area contributed by atoms with Crippen molar-refractivity contribution < 1.29 is 9.53 Å². The quantitative estimate of drug-likeness (QED) is 0.290. The smallest absolute Gasteiger partial charge is 0.278 e. The average Bonchev–Trinajstić information content (AvgIpc) is 3.17. The Kier molecular flexibility index (Phi) is 7.07. The second-order valence-corrected chi connectivity index (χ2v) is 9.05. The molecule has 8 heteroatoms. The summed E-state index contributed by atoms with van der Waals surface area (Å²) in [5.74, 6) is 0.525. The summed E-state index contributed by atoms with van der Waals surface area (Å²) in [6.07, 6.45) is 2.72. The van der Waals surface area contributed by atoms with Crippen LogP contribution in [0, 0.1) is 6.92 Å². The Balaban J connectivity index is 1.67. The van der Waals surface area contributed by atoms with Crippen molar-refractivity contribution in [3.63, 3.8) is 0 Å². The minimum absolute atomic E-state index is 0.0974. The number of rotatable bonds is 8. The number of benzene rings is 2. The molecule has 1 N–H and O–H groups in total. The van der Waals surface area contributed by atoms with Gasteiger partial charge in [0.1, 0.15) is 16.8 Å². The Bertz CT molecular complexity index is 1390. The third-order valence-corrected chi connectivity index (χ3v) is 6.51. The monoisotopic (exact) mass is 476 g/mol. The molecule has 0 saturated heterocycles. The number of carbonyl (C=O) groups excluding carboxylic acids is 1. The van der Waals surface area contributed by atoms with Crippen LogP contribution in [0.5, 0.6) is 5.75 Å². The van der Waals surface area contributed by atoms with Crippen molar-refractivity contribution in [1.82, 2.24) is 14.1 Å². The first kappa shape index (κ1) is 23.6. The average molecular weight is 477 g/mol. The van der Waals surface area contributed by atoms with Crippen LogP contribution in [0.3, 0.4) is 0 Å². The number of thioether (sulfide) groups is 1. The number of nitrogens with one attached hydrogen (secondary N) is 1. The highest BCUT2D eigenvalue weighted by atomic mass is 32.2. The number of methoxy groups -OCH3 is 1. The van der Waals surface area contributed by atoms with E-state index in [-0.39, 0.29) is 17.2 Å². The molecule has 0 atom stereocenters. The van der Waals surface area contributed by atoms with E-state index in [0.29, 0.717) is 34.2 Å². The lowest BCUT2D eigenvalue weighted by molar-refractivity contribution is -0.113. The Morgan fingerprint density at radius 3 is 2.65 bits per heavy atom. The van der Waals surface area contributed by atoms with E-state index in [0.717, 1.165) is 23.1 Å². The summed E-state index contributed by atoms with van der Waals surface area (Å²) in [6.45, 7) is 4.50. The van der Waals surface area contributed by atoms with Gasteiger partial charge < -0.3 is 14.6 Å². The maximum Gasteiger partial charge on any atom is 0.278 e. The van der Waals surface area contributed by atoms with Gasteiger partial charge in [-0.25, -0.2) is 4.98 Å². The van der Waals surface area contributed by atoms with Gasteiger partial charge in [0.05, 0.1) is 18.6 Å². The number of ether oxygens (including phenoxy) is 1. The first-order valence-corrected chi connectivity index (χ1v) is 12.1. The summed E-state index contributed by atoms with van der Waals surface area (Å²) in [5.41, 5.74) is 4.64. The van der Waals surface area contributed by atoms with Gasteiger partial charge in [0.15, 0.2) is 5.16 Å². The number of aryl methyl sites for hydroxylation is 2. The van der Waals surface area contributed by atoms with Crippen molar-refractivity contribution in [2.75, 3.05) is 18.2 Å². The number of aromatic nitrogens is 3. The van der Waals surface area contributed by atoms with Gasteiger partial charge in [-0.3, -0.25) is 14.2 Å². The Hall–Kier alpha value is -3.52. The predicted octanol–water partition coefficient (Wildman–Crippen LogP) is 4.86. The van der Waals surface area contributed by atoms with E-state index in [1.54, 1.807) is 11.7 Å². The van der Waals surface area contributed by atoms with Crippen molar-refractivity contribution in [3.05, 3.63) is 70.6 Å². The number of hydrogen-bond donors (Lipinski definition) is 1. The maximum absolute atomic E-state index is 13.4. The second kappa shape index (κ2) is 10.2. The second-order valence-electron chi connectivity index (χ2n) is 8.11. The molecule has 1 amide bonds. The Morgan fingerprint density at radius 1 is 1.18 bits per heavy atom. The van der Waals surface area contributed by atoms with Crippen molar-refractivity contribution in [2.45, 2.75) is 32.0 Å². The third kappa shape index (κ3) is 4.72. The van der Waals surface area contributed by atoms with E-state index in [1.165, 1.54) is 11.8 Å². The lowest BCUT2D eigenvalue weighted by atomic mass is 10.1. The molecule has 0 spiro atoms. The maximum atomic E-state index is 13.4. The fourth-order valence-corrected chi connectivity index (χ4v) is 4.76. The lowest BCUT2D eigenvalue weighted by Crippen LogP contribution is -2.25. The predicted molar refractivity (Wildman–Crippen MR) is 138 cm³/mol. The van der Waals surface area contributed by atoms with Gasteiger partial charge in [0, 0.05) is 25.4 Å². The normalized spacial score (nSPS) is 11.1. The van der Waals surface area contributed by atoms with Crippen LogP contribution in [-0.4, -0.2) is 32.9 Å². The van der Waals surface area contributed by atoms with Crippen LogP contribution in [0.2, 0.25) is 0 Å². The van der Waals surface area contributed by atoms with Gasteiger partial charge in [0.2, 0.25) is 5.91 Å². The van der Waals surface area contributed by atoms with Gasteiger partial charge in [-0.15, -0.1) is 0 Å². The molecule has 0 fully saturated rings. The molecule has 0 saturated carbocycles. The van der Waals surface area contributed by atoms with Gasteiger partial charge in [-0.2, -0.15) is 0 Å². The Labute approximate surface area is 202 Å². The summed E-state index contributed by atoms with van der Waals surface area (Å²) in [4.78, 5) is 31.1. The molecule has 0 aliphatic heterocycles.